The summed E-state index contributed by atoms with van der Waals surface area (Å²) in [5, 5.41) is 0. The van der Waals surface area contributed by atoms with Crippen LogP contribution in [0.2, 0.25) is 0 Å². The fraction of sp³-hybridized carbons (Fsp3) is 0.280. The van der Waals surface area contributed by atoms with Gasteiger partial charge in [-0.05, 0) is 49.2 Å². The predicted octanol–water partition coefficient (Wildman–Crippen LogP) is 4.49. The standard InChI is InChI=1S/C25H26N2O4/c1-26(25(29)23-14-8-16-30-23)22-13-6-5-12-21(22)24(28)27-15-7-9-19(17-27)18-31-20-10-3-2-4-11-20/h2-6,8,10-14,16,19H,7,9,15,17-18H2,1H3. The summed E-state index contributed by atoms with van der Waals surface area (Å²) in [6.45, 7) is 1.91. The fourth-order valence-electron chi connectivity index (χ4n) is 3.91. The number of ether oxygens (including phenoxy) is 1. The van der Waals surface area contributed by atoms with Gasteiger partial charge in [-0.2, -0.15) is 0 Å². The van der Waals surface area contributed by atoms with Gasteiger partial charge in [0.05, 0.1) is 24.1 Å². The maximum Gasteiger partial charge on any atom is 0.293 e. The number of benzene rings is 2. The molecule has 0 saturated carbocycles. The third-order valence-corrected chi connectivity index (χ3v) is 5.57. The lowest BCUT2D eigenvalue weighted by Gasteiger charge is -2.33. The summed E-state index contributed by atoms with van der Waals surface area (Å²) in [6.07, 6.45) is 3.41. The van der Waals surface area contributed by atoms with Crippen LogP contribution in [0.4, 0.5) is 5.69 Å². The van der Waals surface area contributed by atoms with Gasteiger partial charge in [0.15, 0.2) is 5.76 Å². The van der Waals surface area contributed by atoms with E-state index < -0.39 is 0 Å². The van der Waals surface area contributed by atoms with Crippen molar-refractivity contribution in [3.8, 4) is 5.75 Å². The van der Waals surface area contributed by atoms with Gasteiger partial charge >= 0.3 is 0 Å². The van der Waals surface area contributed by atoms with Crippen molar-refractivity contribution >= 4 is 17.5 Å². The molecular formula is C25H26N2O4. The number of piperidine rings is 1. The molecule has 1 aliphatic rings. The van der Waals surface area contributed by atoms with Gasteiger partial charge in [0.2, 0.25) is 0 Å². The van der Waals surface area contributed by atoms with E-state index in [0.717, 1.165) is 18.6 Å². The van der Waals surface area contributed by atoms with Crippen LogP contribution < -0.4 is 9.64 Å². The van der Waals surface area contributed by atoms with Crippen molar-refractivity contribution in [3.63, 3.8) is 0 Å². The first-order valence-corrected chi connectivity index (χ1v) is 10.5. The van der Waals surface area contributed by atoms with E-state index in [4.69, 9.17) is 9.15 Å². The molecular weight excluding hydrogens is 392 g/mol. The smallest absolute Gasteiger partial charge is 0.293 e. The zero-order valence-electron chi connectivity index (χ0n) is 17.6. The minimum Gasteiger partial charge on any atom is -0.493 e. The molecule has 6 nitrogen and oxygen atoms in total. The maximum atomic E-state index is 13.4. The second-order valence-electron chi connectivity index (χ2n) is 7.74. The maximum absolute atomic E-state index is 13.4. The Kier molecular flexibility index (Phi) is 6.36. The quantitative estimate of drug-likeness (QED) is 0.592. The zero-order valence-corrected chi connectivity index (χ0v) is 17.6. The first kappa shape index (κ1) is 20.7. The average Bonchev–Trinajstić information content (AvgIpc) is 3.37. The molecule has 1 atom stereocenters. The monoisotopic (exact) mass is 418 g/mol. The molecule has 0 spiro atoms. The number of para-hydroxylation sites is 2. The van der Waals surface area contributed by atoms with Gasteiger partial charge in [-0.25, -0.2) is 0 Å². The highest BCUT2D eigenvalue weighted by atomic mass is 16.5. The number of carbonyl (C=O) groups is 2. The average molecular weight is 418 g/mol. The molecule has 1 unspecified atom stereocenters. The van der Waals surface area contributed by atoms with Gasteiger partial charge in [-0.15, -0.1) is 0 Å². The van der Waals surface area contributed by atoms with Crippen LogP contribution in [-0.4, -0.2) is 43.5 Å². The van der Waals surface area contributed by atoms with Crippen molar-refractivity contribution in [2.45, 2.75) is 12.8 Å². The summed E-state index contributed by atoms with van der Waals surface area (Å²) in [6, 6.07) is 20.2. The number of hydrogen-bond donors (Lipinski definition) is 0. The van der Waals surface area contributed by atoms with E-state index in [1.165, 1.54) is 11.2 Å². The second-order valence-corrected chi connectivity index (χ2v) is 7.74. The van der Waals surface area contributed by atoms with Crippen LogP contribution in [-0.2, 0) is 0 Å². The Bertz CT molecular complexity index is 1020. The summed E-state index contributed by atoms with van der Waals surface area (Å²) in [4.78, 5) is 29.4. The number of hydrogen-bond acceptors (Lipinski definition) is 4. The van der Waals surface area contributed by atoms with Crippen LogP contribution in [0.5, 0.6) is 5.75 Å². The van der Waals surface area contributed by atoms with Crippen molar-refractivity contribution in [1.82, 2.24) is 4.90 Å². The summed E-state index contributed by atoms with van der Waals surface area (Å²) in [5.74, 6) is 0.986. The molecule has 4 rings (SSSR count). The first-order valence-electron chi connectivity index (χ1n) is 10.5. The van der Waals surface area contributed by atoms with Gasteiger partial charge in [-0.3, -0.25) is 9.59 Å². The summed E-state index contributed by atoms with van der Waals surface area (Å²) < 4.78 is 11.1. The molecule has 1 fully saturated rings. The minimum absolute atomic E-state index is 0.0703. The summed E-state index contributed by atoms with van der Waals surface area (Å²) in [5.41, 5.74) is 1.08. The highest BCUT2D eigenvalue weighted by Gasteiger charge is 2.28. The summed E-state index contributed by atoms with van der Waals surface area (Å²) >= 11 is 0. The lowest BCUT2D eigenvalue weighted by Crippen LogP contribution is -2.42. The van der Waals surface area contributed by atoms with Crippen LogP contribution in [0.1, 0.15) is 33.8 Å². The Hall–Kier alpha value is -3.54. The fourth-order valence-corrected chi connectivity index (χ4v) is 3.91. The molecule has 6 heteroatoms. The number of carbonyl (C=O) groups excluding carboxylic acids is 2. The molecule has 0 bridgehead atoms. The van der Waals surface area contributed by atoms with Gasteiger partial charge < -0.3 is 19.0 Å². The Morgan fingerprint density at radius 3 is 2.61 bits per heavy atom. The molecule has 1 saturated heterocycles. The van der Waals surface area contributed by atoms with Gasteiger partial charge in [-0.1, -0.05) is 30.3 Å². The van der Waals surface area contributed by atoms with Crippen LogP contribution in [0.15, 0.2) is 77.4 Å². The van der Waals surface area contributed by atoms with Crippen molar-refractivity contribution in [3.05, 3.63) is 84.3 Å². The van der Waals surface area contributed by atoms with Crippen LogP contribution in [0.25, 0.3) is 0 Å². The van der Waals surface area contributed by atoms with Crippen molar-refractivity contribution < 1.29 is 18.7 Å². The number of likely N-dealkylation sites (tertiary alicyclic amines) is 1. The van der Waals surface area contributed by atoms with E-state index in [1.807, 2.05) is 47.4 Å². The molecule has 1 aliphatic heterocycles. The van der Waals surface area contributed by atoms with Crippen molar-refractivity contribution in [2.24, 2.45) is 5.92 Å². The van der Waals surface area contributed by atoms with E-state index in [-0.39, 0.29) is 23.5 Å². The second kappa shape index (κ2) is 9.51. The molecule has 2 amide bonds. The first-order chi connectivity index (χ1) is 15.1. The van der Waals surface area contributed by atoms with E-state index >= 15 is 0 Å². The summed E-state index contributed by atoms with van der Waals surface area (Å²) in [7, 11) is 1.66. The lowest BCUT2D eigenvalue weighted by molar-refractivity contribution is 0.0634. The number of anilines is 1. The largest absolute Gasteiger partial charge is 0.493 e. The normalized spacial score (nSPS) is 16.0. The molecule has 2 heterocycles. The predicted molar refractivity (Wildman–Crippen MR) is 118 cm³/mol. The van der Waals surface area contributed by atoms with E-state index in [2.05, 4.69) is 0 Å². The SMILES string of the molecule is CN(C(=O)c1ccco1)c1ccccc1C(=O)N1CCCC(COc2ccccc2)C1. The highest BCUT2D eigenvalue weighted by molar-refractivity contribution is 6.09. The molecule has 1 aromatic heterocycles. The molecule has 0 N–H and O–H groups in total. The van der Waals surface area contributed by atoms with E-state index in [9.17, 15) is 9.59 Å². The van der Waals surface area contributed by atoms with Crippen molar-refractivity contribution in [1.29, 1.82) is 0 Å². The highest BCUT2D eigenvalue weighted by Crippen LogP contribution is 2.26. The minimum atomic E-state index is -0.293. The van der Waals surface area contributed by atoms with Crippen LogP contribution in [0.3, 0.4) is 0 Å². The number of amides is 2. The molecule has 31 heavy (non-hydrogen) atoms. The Morgan fingerprint density at radius 1 is 1.06 bits per heavy atom. The number of nitrogens with zero attached hydrogens (tertiary/aromatic N) is 2. The zero-order chi connectivity index (χ0) is 21.6. The third kappa shape index (κ3) is 4.79. The lowest BCUT2D eigenvalue weighted by atomic mass is 9.98. The Balaban J connectivity index is 1.46. The third-order valence-electron chi connectivity index (χ3n) is 5.57. The molecule has 3 aromatic rings. The molecule has 0 radical (unpaired) electrons. The van der Waals surface area contributed by atoms with Crippen LogP contribution in [0, 0.1) is 5.92 Å². The Labute approximate surface area is 182 Å². The molecule has 160 valence electrons. The van der Waals surface area contributed by atoms with Gasteiger partial charge in [0.1, 0.15) is 5.75 Å². The Morgan fingerprint density at radius 2 is 1.84 bits per heavy atom. The van der Waals surface area contributed by atoms with E-state index in [0.29, 0.717) is 30.9 Å². The van der Waals surface area contributed by atoms with E-state index in [1.54, 1.807) is 31.3 Å². The van der Waals surface area contributed by atoms with Gasteiger partial charge in [0.25, 0.3) is 11.8 Å². The number of rotatable bonds is 6. The number of furan rings is 1. The van der Waals surface area contributed by atoms with Crippen molar-refractivity contribution in [2.75, 3.05) is 31.6 Å². The van der Waals surface area contributed by atoms with Gasteiger partial charge in [0, 0.05) is 26.1 Å². The van der Waals surface area contributed by atoms with Crippen LogP contribution >= 0.6 is 0 Å². The molecule has 0 aliphatic carbocycles. The molecule has 2 aromatic carbocycles. The topological polar surface area (TPSA) is 63.0 Å².